The number of carbonyl (C=O) groups is 3. The van der Waals surface area contributed by atoms with Crippen LogP contribution >= 0.6 is 0 Å². The minimum atomic E-state index is -1.04. The second kappa shape index (κ2) is 23.0. The van der Waals surface area contributed by atoms with Crippen molar-refractivity contribution < 1.29 is 63.8 Å². The zero-order chi connectivity index (χ0) is 28.1. The third kappa shape index (κ3) is 16.1. The molecule has 2 heterocycles. The standard InChI is InChI=1S/C18H26N6O6.3CO.Tc/c19-13(18(29)30)3-1-2-6-22(9-14-20-4-7-23(14)11-16(25)26)10-15-21-5-8-24(15)12-17(27)28;3*1-2;/h4-5,7-8,13H,1-3,6,9-12,19H2,(H,25,26)(H,27,28)(H,29,30);;;;. The minimum absolute atomic E-state index is 0. The van der Waals surface area contributed by atoms with E-state index in [1.807, 2.05) is 4.90 Å². The molecule has 1 unspecified atom stereocenters. The molecule has 1 atom stereocenters. The number of rotatable bonds is 14. The number of nitrogens with zero attached hydrogens (tertiary/aromatic N) is 5. The molecule has 2 aromatic rings. The Kier molecular flexibility index (Phi) is 23.8. The molecule has 0 aromatic carbocycles. The van der Waals surface area contributed by atoms with Crippen LogP contribution in [0.4, 0.5) is 0 Å². The van der Waals surface area contributed by atoms with Crippen LogP contribution in [-0.2, 0) is 74.6 Å². The predicted octanol–water partition coefficient (Wildman–Crippen LogP) is -0.282. The Morgan fingerprint density at radius 1 is 0.865 bits per heavy atom. The summed E-state index contributed by atoms with van der Waals surface area (Å²) < 4.78 is 25.6. The van der Waals surface area contributed by atoms with Crippen molar-refractivity contribution >= 4 is 17.9 Å². The molecule has 0 aliphatic rings. The number of nitrogens with two attached hydrogens (primary N) is 1. The number of hydrogen-bond donors (Lipinski definition) is 4. The maximum absolute atomic E-state index is 11.0. The van der Waals surface area contributed by atoms with Crippen LogP contribution in [0.2, 0.25) is 0 Å². The first-order valence-electron chi connectivity index (χ1n) is 10.0. The van der Waals surface area contributed by atoms with E-state index < -0.39 is 23.9 Å². The fourth-order valence-electron chi connectivity index (χ4n) is 3.00. The summed E-state index contributed by atoms with van der Waals surface area (Å²) in [6.45, 7) is 14.3. The van der Waals surface area contributed by atoms with Gasteiger partial charge in [-0.1, -0.05) is 6.42 Å². The van der Waals surface area contributed by atoms with Gasteiger partial charge in [-0.15, -0.1) is 0 Å². The number of hydrogen-bond acceptors (Lipinski definition) is 7. The molecule has 201 valence electrons. The van der Waals surface area contributed by atoms with Gasteiger partial charge in [-0.05, 0) is 19.4 Å². The number of carboxylic acid groups (broad SMARTS) is 3. The smallest absolute Gasteiger partial charge is 0 e. The molecule has 0 aliphatic heterocycles. The van der Waals surface area contributed by atoms with Crippen molar-refractivity contribution in [3.63, 3.8) is 0 Å². The third-order valence-electron chi connectivity index (χ3n) is 4.50. The van der Waals surface area contributed by atoms with E-state index in [9.17, 15) is 14.4 Å². The Hall–Kier alpha value is -3.38. The molecule has 1 radical (unpaired) electrons. The topological polar surface area (TPSA) is 236 Å². The first-order chi connectivity index (χ1) is 17.3. The Morgan fingerprint density at radius 2 is 1.27 bits per heavy atom. The van der Waals surface area contributed by atoms with Crippen LogP contribution in [-0.4, -0.2) is 69.8 Å². The van der Waals surface area contributed by atoms with Crippen LogP contribution in [0.3, 0.4) is 0 Å². The van der Waals surface area contributed by atoms with Crippen molar-refractivity contribution in [2.45, 2.75) is 51.5 Å². The van der Waals surface area contributed by atoms with Gasteiger partial charge in [0, 0.05) is 44.9 Å². The second-order valence-electron chi connectivity index (χ2n) is 6.88. The van der Waals surface area contributed by atoms with Crippen molar-refractivity contribution in [2.75, 3.05) is 6.54 Å². The summed E-state index contributed by atoms with van der Waals surface area (Å²) in [5.74, 6) is -1.91. The van der Waals surface area contributed by atoms with Gasteiger partial charge in [0.1, 0.15) is 30.8 Å². The molecule has 2 rings (SSSR count). The van der Waals surface area contributed by atoms with Gasteiger partial charge in [0.25, 0.3) is 0 Å². The molecule has 0 saturated heterocycles. The van der Waals surface area contributed by atoms with Gasteiger partial charge < -0.3 is 30.2 Å². The van der Waals surface area contributed by atoms with E-state index >= 15 is 0 Å². The van der Waals surface area contributed by atoms with Crippen LogP contribution < -0.4 is 5.73 Å². The second-order valence-corrected chi connectivity index (χ2v) is 6.88. The molecule has 5 N–H and O–H groups in total. The first kappa shape index (κ1) is 38.2. The van der Waals surface area contributed by atoms with Gasteiger partial charge in [0.2, 0.25) is 0 Å². The van der Waals surface area contributed by atoms with Crippen LogP contribution in [0.5, 0.6) is 0 Å². The number of unbranched alkanes of at least 4 members (excludes halogenated alkanes) is 1. The van der Waals surface area contributed by atoms with Crippen molar-refractivity contribution in [1.82, 2.24) is 24.0 Å². The van der Waals surface area contributed by atoms with Crippen molar-refractivity contribution in [2.24, 2.45) is 5.73 Å². The normalized spacial score (nSPS) is 10.1. The van der Waals surface area contributed by atoms with Gasteiger partial charge >= 0.3 is 51.8 Å². The van der Waals surface area contributed by atoms with Crippen LogP contribution in [0, 0.1) is 20.0 Å². The maximum Gasteiger partial charge on any atom is 0 e. The summed E-state index contributed by atoms with van der Waals surface area (Å²) >= 11 is 0. The number of carboxylic acids is 3. The third-order valence-corrected chi connectivity index (χ3v) is 4.50. The quantitative estimate of drug-likeness (QED) is 0.125. The molecular formula is C21H26N6O9Tc. The van der Waals surface area contributed by atoms with E-state index in [1.165, 1.54) is 21.5 Å². The van der Waals surface area contributed by atoms with Gasteiger partial charge in [-0.25, -0.2) is 9.97 Å². The molecule has 16 heteroatoms. The Morgan fingerprint density at radius 3 is 1.62 bits per heavy atom. The van der Waals surface area contributed by atoms with Crippen LogP contribution in [0.25, 0.3) is 0 Å². The zero-order valence-electron chi connectivity index (χ0n) is 19.5. The number of aliphatic carboxylic acids is 3. The Balaban J connectivity index is -0.00000153. The Labute approximate surface area is 225 Å². The number of imidazole rings is 2. The zero-order valence-corrected chi connectivity index (χ0v) is 21.4. The minimum Gasteiger partial charge on any atom is 0 e. The SMILES string of the molecule is NC(CCCCN(Cc1nccn1CC(=O)O)Cc1nccn1CC(=O)O)C(=O)O.[C-]#[O+].[C-]#[O+].[C-]#[O+].[Tc]. The molecule has 37 heavy (non-hydrogen) atoms. The van der Waals surface area contributed by atoms with Gasteiger partial charge in [-0.3, -0.25) is 19.3 Å². The fraction of sp³-hybridized carbons (Fsp3) is 0.429. The van der Waals surface area contributed by atoms with E-state index in [0.29, 0.717) is 50.5 Å². The van der Waals surface area contributed by atoms with Crippen LogP contribution in [0.15, 0.2) is 24.8 Å². The molecule has 2 aromatic heterocycles. The molecular weight excluding hydrogens is 578 g/mol. The predicted molar refractivity (Wildman–Crippen MR) is 115 cm³/mol. The average molecular weight is 604 g/mol. The summed E-state index contributed by atoms with van der Waals surface area (Å²) in [5, 5.41) is 27.0. The van der Waals surface area contributed by atoms with Gasteiger partial charge in [0.05, 0.1) is 13.1 Å². The summed E-state index contributed by atoms with van der Waals surface area (Å²) in [6.07, 6.45) is 7.79. The fourth-order valence-corrected chi connectivity index (χ4v) is 3.00. The molecule has 0 amide bonds. The first-order valence-corrected chi connectivity index (χ1v) is 10.0. The van der Waals surface area contributed by atoms with Gasteiger partial charge in [-0.2, -0.15) is 0 Å². The van der Waals surface area contributed by atoms with E-state index in [-0.39, 0.29) is 33.2 Å². The van der Waals surface area contributed by atoms with Gasteiger partial charge in [0.15, 0.2) is 0 Å². The van der Waals surface area contributed by atoms with Crippen molar-refractivity contribution in [3.05, 3.63) is 56.4 Å². The number of aromatic nitrogens is 4. The largest absolute Gasteiger partial charge is 0 e. The van der Waals surface area contributed by atoms with E-state index in [1.54, 1.807) is 12.4 Å². The van der Waals surface area contributed by atoms with Crippen molar-refractivity contribution in [3.8, 4) is 0 Å². The molecule has 0 bridgehead atoms. The monoisotopic (exact) mass is 603 g/mol. The molecule has 0 fully saturated rings. The van der Waals surface area contributed by atoms with E-state index in [0.717, 1.165) is 0 Å². The summed E-state index contributed by atoms with van der Waals surface area (Å²) in [4.78, 5) is 43.4. The Bertz CT molecular complexity index is 932. The van der Waals surface area contributed by atoms with E-state index in [4.69, 9.17) is 35.0 Å². The summed E-state index contributed by atoms with van der Waals surface area (Å²) in [5.41, 5.74) is 5.53. The summed E-state index contributed by atoms with van der Waals surface area (Å²) in [7, 11) is 0. The molecule has 0 saturated carbocycles. The molecule has 0 aliphatic carbocycles. The van der Waals surface area contributed by atoms with E-state index in [2.05, 4.69) is 29.9 Å². The average Bonchev–Trinajstić information content (AvgIpc) is 3.48. The molecule has 15 nitrogen and oxygen atoms in total. The molecule has 0 spiro atoms. The van der Waals surface area contributed by atoms with Crippen LogP contribution in [0.1, 0.15) is 30.9 Å². The summed E-state index contributed by atoms with van der Waals surface area (Å²) in [6, 6.07) is -0.914. The van der Waals surface area contributed by atoms with Crippen molar-refractivity contribution in [1.29, 1.82) is 0 Å². The maximum atomic E-state index is 11.0.